The largest absolute Gasteiger partial charge is 0.324 e. The summed E-state index contributed by atoms with van der Waals surface area (Å²) in [4.78, 5) is 11.7. The predicted molar refractivity (Wildman–Crippen MR) is 72.1 cm³/mol. The number of amides is 1. The lowest BCUT2D eigenvalue weighted by atomic mass is 10.2. The second-order valence-corrected chi connectivity index (χ2v) is 4.35. The van der Waals surface area contributed by atoms with Crippen LogP contribution in [0.15, 0.2) is 36.7 Å². The van der Waals surface area contributed by atoms with E-state index in [4.69, 9.17) is 11.6 Å². The Morgan fingerprint density at radius 2 is 2.33 bits per heavy atom. The van der Waals surface area contributed by atoms with Gasteiger partial charge in [-0.15, -0.1) is 0 Å². The van der Waals surface area contributed by atoms with Gasteiger partial charge in [0.1, 0.15) is 0 Å². The summed E-state index contributed by atoms with van der Waals surface area (Å²) in [7, 11) is 0. The van der Waals surface area contributed by atoms with Gasteiger partial charge in [-0.25, -0.2) is 4.68 Å². The summed E-state index contributed by atoms with van der Waals surface area (Å²) < 4.78 is 1.69. The molecule has 0 aliphatic heterocycles. The predicted octanol–water partition coefficient (Wildman–Crippen LogP) is 3.26. The molecule has 0 atom stereocenters. The van der Waals surface area contributed by atoms with E-state index in [1.165, 1.54) is 0 Å². The fraction of sp³-hybridized carbons (Fsp3) is 0.231. The Kier molecular flexibility index (Phi) is 3.99. The first-order chi connectivity index (χ1) is 8.70. The van der Waals surface area contributed by atoms with Crippen molar-refractivity contribution >= 4 is 23.2 Å². The minimum Gasteiger partial charge on any atom is -0.324 e. The van der Waals surface area contributed by atoms with Gasteiger partial charge in [0.15, 0.2) is 0 Å². The number of nitrogens with one attached hydrogen (secondary N) is 1. The number of benzene rings is 1. The highest BCUT2D eigenvalue weighted by molar-refractivity contribution is 6.31. The van der Waals surface area contributed by atoms with E-state index >= 15 is 0 Å². The van der Waals surface area contributed by atoms with Crippen LogP contribution in [0.2, 0.25) is 5.02 Å². The lowest BCUT2D eigenvalue weighted by Crippen LogP contribution is -2.13. The second kappa shape index (κ2) is 5.69. The molecule has 94 valence electrons. The van der Waals surface area contributed by atoms with E-state index in [0.717, 1.165) is 12.1 Å². The lowest BCUT2D eigenvalue weighted by Gasteiger charge is -2.11. The average molecular weight is 264 g/mol. The van der Waals surface area contributed by atoms with Crippen LogP contribution in [0.1, 0.15) is 19.8 Å². The van der Waals surface area contributed by atoms with Crippen molar-refractivity contribution in [2.24, 2.45) is 0 Å². The molecule has 0 fully saturated rings. The van der Waals surface area contributed by atoms with Gasteiger partial charge in [-0.3, -0.25) is 4.79 Å². The van der Waals surface area contributed by atoms with Gasteiger partial charge in [0.25, 0.3) is 0 Å². The zero-order chi connectivity index (χ0) is 13.0. The Hall–Kier alpha value is -1.81. The Bertz CT molecular complexity index is 537. The van der Waals surface area contributed by atoms with Crippen molar-refractivity contribution in [2.45, 2.75) is 19.8 Å². The quantitative estimate of drug-likeness (QED) is 0.920. The highest BCUT2D eigenvalue weighted by Gasteiger charge is 2.08. The van der Waals surface area contributed by atoms with Gasteiger partial charge in [0, 0.05) is 23.8 Å². The second-order valence-electron chi connectivity index (χ2n) is 3.91. The van der Waals surface area contributed by atoms with Gasteiger partial charge in [-0.05, 0) is 30.7 Å². The molecule has 5 heteroatoms. The molecule has 0 saturated carbocycles. The highest BCUT2D eigenvalue weighted by Crippen LogP contribution is 2.24. The van der Waals surface area contributed by atoms with Crippen LogP contribution in [0.4, 0.5) is 5.69 Å². The first kappa shape index (κ1) is 12.6. The van der Waals surface area contributed by atoms with Crippen LogP contribution in [0.25, 0.3) is 5.69 Å². The van der Waals surface area contributed by atoms with Crippen molar-refractivity contribution in [2.75, 3.05) is 5.32 Å². The third-order valence-electron chi connectivity index (χ3n) is 2.46. The molecule has 0 aliphatic carbocycles. The van der Waals surface area contributed by atoms with Crippen LogP contribution in [0.5, 0.6) is 0 Å². The molecule has 0 spiro atoms. The van der Waals surface area contributed by atoms with Crippen molar-refractivity contribution in [1.82, 2.24) is 9.78 Å². The maximum atomic E-state index is 11.7. The molecule has 0 saturated heterocycles. The van der Waals surface area contributed by atoms with E-state index in [-0.39, 0.29) is 5.91 Å². The number of anilines is 1. The minimum absolute atomic E-state index is 0.0202. The monoisotopic (exact) mass is 263 g/mol. The summed E-state index contributed by atoms with van der Waals surface area (Å²) in [6.45, 7) is 1.96. The van der Waals surface area contributed by atoms with Gasteiger partial charge in [-0.1, -0.05) is 18.5 Å². The molecule has 1 aromatic heterocycles. The molecule has 4 nitrogen and oxygen atoms in total. The van der Waals surface area contributed by atoms with E-state index in [0.29, 0.717) is 17.1 Å². The van der Waals surface area contributed by atoms with Crippen LogP contribution in [0.3, 0.4) is 0 Å². The lowest BCUT2D eigenvalue weighted by molar-refractivity contribution is -0.116. The fourth-order valence-electron chi connectivity index (χ4n) is 1.66. The van der Waals surface area contributed by atoms with Gasteiger partial charge >= 0.3 is 0 Å². The molecule has 2 aromatic rings. The topological polar surface area (TPSA) is 46.9 Å². The summed E-state index contributed by atoms with van der Waals surface area (Å²) in [5, 5.41) is 7.59. The zero-order valence-corrected chi connectivity index (χ0v) is 10.8. The summed E-state index contributed by atoms with van der Waals surface area (Å²) in [6, 6.07) is 7.16. The molecule has 1 amide bonds. The number of halogens is 1. The Balaban J connectivity index is 2.32. The highest BCUT2D eigenvalue weighted by atomic mass is 35.5. The van der Waals surface area contributed by atoms with Crippen molar-refractivity contribution in [3.63, 3.8) is 0 Å². The maximum Gasteiger partial charge on any atom is 0.224 e. The minimum atomic E-state index is -0.0202. The molecular weight excluding hydrogens is 250 g/mol. The van der Waals surface area contributed by atoms with Crippen molar-refractivity contribution in [1.29, 1.82) is 0 Å². The van der Waals surface area contributed by atoms with E-state index in [2.05, 4.69) is 10.4 Å². The number of rotatable bonds is 4. The summed E-state index contributed by atoms with van der Waals surface area (Å²) in [6.07, 6.45) is 4.81. The van der Waals surface area contributed by atoms with E-state index in [1.54, 1.807) is 23.0 Å². The van der Waals surface area contributed by atoms with E-state index < -0.39 is 0 Å². The number of carbonyl (C=O) groups excluding carboxylic acids is 1. The van der Waals surface area contributed by atoms with Crippen LogP contribution in [0, 0.1) is 0 Å². The molecule has 2 rings (SSSR count). The fourth-order valence-corrected chi connectivity index (χ4v) is 1.83. The number of carbonyl (C=O) groups is 1. The van der Waals surface area contributed by atoms with E-state index in [9.17, 15) is 4.79 Å². The smallest absolute Gasteiger partial charge is 0.224 e. The van der Waals surface area contributed by atoms with Crippen molar-refractivity contribution in [3.8, 4) is 5.69 Å². The molecular formula is C13H14ClN3O. The molecule has 1 N–H and O–H groups in total. The summed E-state index contributed by atoms with van der Waals surface area (Å²) in [5.41, 5.74) is 1.47. The Morgan fingerprint density at radius 1 is 1.50 bits per heavy atom. The summed E-state index contributed by atoms with van der Waals surface area (Å²) >= 11 is 5.96. The Labute approximate surface area is 111 Å². The Morgan fingerprint density at radius 3 is 3.00 bits per heavy atom. The maximum absolute atomic E-state index is 11.7. The molecule has 18 heavy (non-hydrogen) atoms. The average Bonchev–Trinajstić information content (AvgIpc) is 2.83. The number of aromatic nitrogens is 2. The van der Waals surface area contributed by atoms with Gasteiger partial charge in [-0.2, -0.15) is 5.10 Å². The third-order valence-corrected chi connectivity index (χ3v) is 2.70. The van der Waals surface area contributed by atoms with Crippen molar-refractivity contribution in [3.05, 3.63) is 41.7 Å². The number of hydrogen-bond donors (Lipinski definition) is 1. The van der Waals surface area contributed by atoms with Gasteiger partial charge in [0.2, 0.25) is 5.91 Å². The standard InChI is InChI=1S/C13H14ClN3O/c1-2-4-13(18)16-11-9-10(14)5-6-12(11)17-8-3-7-15-17/h3,5-9H,2,4H2,1H3,(H,16,18). The van der Waals surface area contributed by atoms with Crippen LogP contribution < -0.4 is 5.32 Å². The van der Waals surface area contributed by atoms with E-state index in [1.807, 2.05) is 25.3 Å². The molecule has 1 heterocycles. The first-order valence-electron chi connectivity index (χ1n) is 5.80. The molecule has 0 radical (unpaired) electrons. The van der Waals surface area contributed by atoms with Crippen LogP contribution >= 0.6 is 11.6 Å². The first-order valence-corrected chi connectivity index (χ1v) is 6.18. The zero-order valence-electron chi connectivity index (χ0n) is 10.1. The van der Waals surface area contributed by atoms with Gasteiger partial charge in [0.05, 0.1) is 11.4 Å². The third kappa shape index (κ3) is 2.90. The van der Waals surface area contributed by atoms with Crippen LogP contribution in [-0.4, -0.2) is 15.7 Å². The summed E-state index contributed by atoms with van der Waals surface area (Å²) in [5.74, 6) is -0.0202. The normalized spacial score (nSPS) is 10.3. The molecule has 0 unspecified atom stereocenters. The van der Waals surface area contributed by atoms with Gasteiger partial charge < -0.3 is 5.32 Å². The number of nitrogens with zero attached hydrogens (tertiary/aromatic N) is 2. The number of hydrogen-bond acceptors (Lipinski definition) is 2. The SMILES string of the molecule is CCCC(=O)Nc1cc(Cl)ccc1-n1cccn1. The van der Waals surface area contributed by atoms with Crippen LogP contribution in [-0.2, 0) is 4.79 Å². The molecule has 0 aliphatic rings. The molecule has 1 aromatic carbocycles. The molecule has 0 bridgehead atoms. The van der Waals surface area contributed by atoms with Crippen molar-refractivity contribution < 1.29 is 4.79 Å².